The van der Waals surface area contributed by atoms with Gasteiger partial charge in [0.25, 0.3) is 5.56 Å². The van der Waals surface area contributed by atoms with Gasteiger partial charge in [-0.25, -0.2) is 0 Å². The number of nitrogens with zero attached hydrogens (tertiary/aromatic N) is 3. The van der Waals surface area contributed by atoms with Gasteiger partial charge in [0, 0.05) is 59.1 Å². The maximum Gasteiger partial charge on any atom is 0.259 e. The van der Waals surface area contributed by atoms with Gasteiger partial charge >= 0.3 is 0 Å². The summed E-state index contributed by atoms with van der Waals surface area (Å²) < 4.78 is 2.80. The monoisotopic (exact) mass is 361 g/mol. The molecule has 4 aromatic rings. The Balaban J connectivity index is 1.65. The largest absolute Gasteiger partial charge is 0.315 e. The molecule has 0 aromatic carbocycles. The molecule has 0 atom stereocenters. The normalized spacial score (nSPS) is 11.1. The van der Waals surface area contributed by atoms with Crippen LogP contribution in [-0.4, -0.2) is 14.5 Å². The first kappa shape index (κ1) is 16.7. The van der Waals surface area contributed by atoms with E-state index < -0.39 is 0 Å². The minimum Gasteiger partial charge on any atom is -0.315 e. The van der Waals surface area contributed by atoms with Crippen LogP contribution in [0.15, 0.2) is 65.3 Å². The van der Waals surface area contributed by atoms with E-state index in [1.54, 1.807) is 28.3 Å². The van der Waals surface area contributed by atoms with Crippen LogP contribution in [0.25, 0.3) is 21.2 Å². The molecule has 0 N–H and O–H groups in total. The van der Waals surface area contributed by atoms with Crippen LogP contribution in [0.3, 0.4) is 0 Å². The lowest BCUT2D eigenvalue weighted by Crippen LogP contribution is -2.20. The third-order valence-electron chi connectivity index (χ3n) is 4.59. The van der Waals surface area contributed by atoms with Gasteiger partial charge in [0.15, 0.2) is 0 Å². The van der Waals surface area contributed by atoms with Crippen molar-refractivity contribution in [3.8, 4) is 11.1 Å². The third kappa shape index (κ3) is 3.18. The fraction of sp³-hybridized carbons (Fsp3) is 0.190. The van der Waals surface area contributed by atoms with E-state index in [4.69, 9.17) is 0 Å². The lowest BCUT2D eigenvalue weighted by atomic mass is 10.1. The maximum absolute atomic E-state index is 13.0. The molecule has 0 spiro atoms. The Bertz CT molecular complexity index is 1080. The summed E-state index contributed by atoms with van der Waals surface area (Å²) in [5.74, 6) is 0. The topological polar surface area (TPSA) is 47.8 Å². The SMILES string of the molecule is CCc1ccc(CCn2ccc3scc(-c4ccncc4)c3c2=O)nc1. The van der Waals surface area contributed by atoms with Gasteiger partial charge in [0.05, 0.1) is 5.39 Å². The molecule has 4 rings (SSSR count). The number of aromatic nitrogens is 3. The molecule has 0 bridgehead atoms. The summed E-state index contributed by atoms with van der Waals surface area (Å²) in [5.41, 5.74) is 4.30. The van der Waals surface area contributed by atoms with Crippen LogP contribution in [0.2, 0.25) is 0 Å². The lowest BCUT2D eigenvalue weighted by molar-refractivity contribution is 0.665. The molecule has 0 amide bonds. The molecule has 0 aliphatic heterocycles. The van der Waals surface area contributed by atoms with Crippen molar-refractivity contribution >= 4 is 21.4 Å². The highest BCUT2D eigenvalue weighted by atomic mass is 32.1. The molecule has 0 aliphatic rings. The van der Waals surface area contributed by atoms with E-state index >= 15 is 0 Å². The number of hydrogen-bond acceptors (Lipinski definition) is 4. The molecule has 5 heteroatoms. The zero-order chi connectivity index (χ0) is 17.9. The first-order chi connectivity index (χ1) is 12.8. The molecule has 0 saturated heterocycles. The van der Waals surface area contributed by atoms with Crippen molar-refractivity contribution in [2.45, 2.75) is 26.3 Å². The Kier molecular flexibility index (Phi) is 4.63. The highest BCUT2D eigenvalue weighted by molar-refractivity contribution is 7.17. The summed E-state index contributed by atoms with van der Waals surface area (Å²) in [6.45, 7) is 2.74. The third-order valence-corrected chi connectivity index (χ3v) is 5.54. The average Bonchev–Trinajstić information content (AvgIpc) is 3.13. The fourth-order valence-corrected chi connectivity index (χ4v) is 4.01. The van der Waals surface area contributed by atoms with Gasteiger partial charge in [-0.2, -0.15) is 0 Å². The van der Waals surface area contributed by atoms with Crippen molar-refractivity contribution in [3.63, 3.8) is 0 Å². The predicted molar refractivity (Wildman–Crippen MR) is 107 cm³/mol. The summed E-state index contributed by atoms with van der Waals surface area (Å²) in [6, 6.07) is 10.1. The number of aryl methyl sites for hydroxylation is 3. The van der Waals surface area contributed by atoms with E-state index in [-0.39, 0.29) is 5.56 Å². The zero-order valence-corrected chi connectivity index (χ0v) is 15.4. The average molecular weight is 361 g/mol. The second kappa shape index (κ2) is 7.22. The van der Waals surface area contributed by atoms with Crippen molar-refractivity contribution in [1.29, 1.82) is 0 Å². The zero-order valence-electron chi connectivity index (χ0n) is 14.6. The highest BCUT2D eigenvalue weighted by Gasteiger charge is 2.12. The Labute approximate surface area is 155 Å². The van der Waals surface area contributed by atoms with E-state index in [1.807, 2.05) is 30.6 Å². The van der Waals surface area contributed by atoms with Gasteiger partial charge in [-0.05, 0) is 41.8 Å². The summed E-state index contributed by atoms with van der Waals surface area (Å²) in [7, 11) is 0. The van der Waals surface area contributed by atoms with Crippen molar-refractivity contribution in [1.82, 2.24) is 14.5 Å². The molecule has 0 unspecified atom stereocenters. The summed E-state index contributed by atoms with van der Waals surface area (Å²) in [6.07, 6.45) is 9.04. The highest BCUT2D eigenvalue weighted by Crippen LogP contribution is 2.31. The number of fused-ring (bicyclic) bond motifs is 1. The fourth-order valence-electron chi connectivity index (χ4n) is 3.05. The smallest absolute Gasteiger partial charge is 0.259 e. The Morgan fingerprint density at radius 3 is 2.69 bits per heavy atom. The predicted octanol–water partition coefficient (Wildman–Crippen LogP) is 4.33. The van der Waals surface area contributed by atoms with E-state index in [2.05, 4.69) is 34.4 Å². The quantitative estimate of drug-likeness (QED) is 0.532. The van der Waals surface area contributed by atoms with Gasteiger partial charge in [-0.15, -0.1) is 11.3 Å². The summed E-state index contributed by atoms with van der Waals surface area (Å²) in [5, 5.41) is 2.84. The van der Waals surface area contributed by atoms with Crippen LogP contribution >= 0.6 is 11.3 Å². The second-order valence-corrected chi connectivity index (χ2v) is 7.11. The van der Waals surface area contributed by atoms with E-state index in [0.717, 1.165) is 39.7 Å². The first-order valence-electron chi connectivity index (χ1n) is 8.71. The first-order valence-corrected chi connectivity index (χ1v) is 9.59. The molecule has 4 nitrogen and oxygen atoms in total. The van der Waals surface area contributed by atoms with E-state index in [9.17, 15) is 4.79 Å². The standard InChI is InChI=1S/C21H19N3OS/c1-2-15-3-4-17(23-13-15)7-11-24-12-8-19-20(21(24)25)18(14-26-19)16-5-9-22-10-6-16/h3-6,8-10,12-14H,2,7,11H2,1H3. The maximum atomic E-state index is 13.0. The van der Waals surface area contributed by atoms with Crippen LogP contribution in [0.5, 0.6) is 0 Å². The minimum absolute atomic E-state index is 0.0562. The van der Waals surface area contributed by atoms with Crippen LogP contribution in [0, 0.1) is 0 Å². The summed E-state index contributed by atoms with van der Waals surface area (Å²) >= 11 is 1.60. The number of thiophene rings is 1. The van der Waals surface area contributed by atoms with Crippen LogP contribution < -0.4 is 5.56 Å². The molecule has 0 radical (unpaired) electrons. The van der Waals surface area contributed by atoms with Gasteiger partial charge in [-0.3, -0.25) is 14.8 Å². The minimum atomic E-state index is 0.0562. The molecule has 130 valence electrons. The molecule has 0 fully saturated rings. The van der Waals surface area contributed by atoms with Gasteiger partial charge in [-0.1, -0.05) is 13.0 Å². The number of pyridine rings is 3. The molecule has 4 heterocycles. The van der Waals surface area contributed by atoms with E-state index in [1.165, 1.54) is 5.56 Å². The van der Waals surface area contributed by atoms with Gasteiger partial charge in [0.2, 0.25) is 0 Å². The van der Waals surface area contributed by atoms with E-state index in [0.29, 0.717) is 6.54 Å². The number of hydrogen-bond donors (Lipinski definition) is 0. The molecular formula is C21H19N3OS. The van der Waals surface area contributed by atoms with Gasteiger partial charge < -0.3 is 4.57 Å². The van der Waals surface area contributed by atoms with Crippen LogP contribution in [-0.2, 0) is 19.4 Å². The molecule has 0 aliphatic carbocycles. The van der Waals surface area contributed by atoms with Crippen LogP contribution in [0.4, 0.5) is 0 Å². The van der Waals surface area contributed by atoms with Gasteiger partial charge in [0.1, 0.15) is 0 Å². The second-order valence-electron chi connectivity index (χ2n) is 6.20. The molecule has 0 saturated carbocycles. The lowest BCUT2D eigenvalue weighted by Gasteiger charge is -2.07. The number of rotatable bonds is 5. The van der Waals surface area contributed by atoms with Crippen molar-refractivity contribution in [2.75, 3.05) is 0 Å². The molecule has 26 heavy (non-hydrogen) atoms. The van der Waals surface area contributed by atoms with Crippen molar-refractivity contribution in [3.05, 3.63) is 82.1 Å². The van der Waals surface area contributed by atoms with Crippen LogP contribution in [0.1, 0.15) is 18.2 Å². The molecule has 4 aromatic heterocycles. The Hall–Kier alpha value is -2.79. The Morgan fingerprint density at radius 1 is 1.12 bits per heavy atom. The van der Waals surface area contributed by atoms with Crippen molar-refractivity contribution < 1.29 is 0 Å². The van der Waals surface area contributed by atoms with Crippen molar-refractivity contribution in [2.24, 2.45) is 0 Å². The summed E-state index contributed by atoms with van der Waals surface area (Å²) in [4.78, 5) is 21.6. The Morgan fingerprint density at radius 2 is 1.96 bits per heavy atom. The molecular weight excluding hydrogens is 342 g/mol.